The summed E-state index contributed by atoms with van der Waals surface area (Å²) in [5.41, 5.74) is 3.18. The molecule has 0 atom stereocenters. The van der Waals surface area contributed by atoms with Gasteiger partial charge in [-0.15, -0.1) is 0 Å². The summed E-state index contributed by atoms with van der Waals surface area (Å²) in [7, 11) is 5.01. The Morgan fingerprint density at radius 3 is 2.15 bits per heavy atom. The maximum Gasteiger partial charge on any atom is 0.416 e. The number of rotatable bonds is 9. The van der Waals surface area contributed by atoms with Crippen LogP contribution in [0.15, 0.2) is 45.8 Å². The van der Waals surface area contributed by atoms with Crippen LogP contribution in [-0.4, -0.2) is 77.3 Å². The van der Waals surface area contributed by atoms with E-state index in [1.165, 1.54) is 83.6 Å². The molecule has 0 spiro atoms. The van der Waals surface area contributed by atoms with Gasteiger partial charge in [0.15, 0.2) is 0 Å². The van der Waals surface area contributed by atoms with Crippen LogP contribution in [-0.2, 0) is 34.8 Å². The number of carbonyl (C=O) groups excluding carboxylic acids is 1. The van der Waals surface area contributed by atoms with Crippen molar-refractivity contribution in [3.8, 4) is 0 Å². The molecule has 1 fully saturated rings. The second kappa shape index (κ2) is 19.3. The molecule has 1 N–H and O–H groups in total. The zero-order valence-corrected chi connectivity index (χ0v) is 28.3. The molecule has 2 aliphatic rings. The second-order valence-corrected chi connectivity index (χ2v) is 11.9. The Morgan fingerprint density at radius 1 is 1.00 bits per heavy atom. The van der Waals surface area contributed by atoms with E-state index < -0.39 is 23.5 Å². The first-order valence-electron chi connectivity index (χ1n) is 15.7. The standard InChI is InChI=1S/C19H30N2.C12H13F6N5.C2H4O2/c1-15-12-16(2)19-18(13-15)6-4-5-9-21(19)14-17-7-10-20(3)11-8-17;1-19-23(2)22-21-7-20-6-8-3-9(11(13,14)15)5-10(4-8)12(16,17)18;1-4-2-3/h12-13,17H,4-11,14H2,1-3H3;3-5,20H,1,6-7H2,2H3;2H,1H3/b;22-21-;. The average molecular weight is 688 g/mol. The van der Waals surface area contributed by atoms with Gasteiger partial charge in [-0.1, -0.05) is 22.9 Å². The van der Waals surface area contributed by atoms with E-state index in [4.69, 9.17) is 4.79 Å². The van der Waals surface area contributed by atoms with Gasteiger partial charge in [-0.05, 0) is 107 Å². The molecule has 0 amide bonds. The third-order valence-corrected chi connectivity index (χ3v) is 7.93. The minimum Gasteiger partial charge on any atom is -0.471 e. The van der Waals surface area contributed by atoms with Crippen molar-refractivity contribution in [2.75, 3.05) is 59.0 Å². The van der Waals surface area contributed by atoms with Crippen molar-refractivity contribution in [1.82, 2.24) is 15.3 Å². The van der Waals surface area contributed by atoms with Crippen LogP contribution in [0.2, 0.25) is 0 Å². The molecular weight excluding hydrogens is 640 g/mol. The monoisotopic (exact) mass is 687 g/mol. The molecule has 15 heteroatoms. The predicted molar refractivity (Wildman–Crippen MR) is 175 cm³/mol. The first kappa shape index (κ1) is 40.5. The highest BCUT2D eigenvalue weighted by Crippen LogP contribution is 2.36. The lowest BCUT2D eigenvalue weighted by Crippen LogP contribution is -2.37. The van der Waals surface area contributed by atoms with Gasteiger partial charge in [-0.2, -0.15) is 41.7 Å². The van der Waals surface area contributed by atoms with Crippen molar-refractivity contribution in [1.29, 1.82) is 0 Å². The summed E-state index contributed by atoms with van der Waals surface area (Å²) in [5, 5.41) is 14.0. The quantitative estimate of drug-likeness (QED) is 0.0746. The van der Waals surface area contributed by atoms with Gasteiger partial charge in [0.25, 0.3) is 6.47 Å². The fraction of sp³-hybridized carbons (Fsp3) is 0.576. The summed E-state index contributed by atoms with van der Waals surface area (Å²) in [6.07, 6.45) is -3.04. The summed E-state index contributed by atoms with van der Waals surface area (Å²) < 4.78 is 79.8. The Morgan fingerprint density at radius 2 is 1.60 bits per heavy atom. The highest BCUT2D eigenvalue weighted by Gasteiger charge is 2.36. The number of nitrogens with zero attached hydrogens (tertiary/aromatic N) is 6. The molecule has 0 aromatic heterocycles. The number of benzene rings is 2. The summed E-state index contributed by atoms with van der Waals surface area (Å²) in [5.74, 6) is 0.882. The van der Waals surface area contributed by atoms with E-state index in [0.29, 0.717) is 18.6 Å². The summed E-state index contributed by atoms with van der Waals surface area (Å²) in [6.45, 7) is 12.8. The van der Waals surface area contributed by atoms with Crippen LogP contribution in [0.25, 0.3) is 0 Å². The molecule has 4 rings (SSSR count). The average Bonchev–Trinajstić information content (AvgIpc) is 3.23. The minimum absolute atomic E-state index is 0.0773. The third-order valence-electron chi connectivity index (χ3n) is 7.93. The molecule has 2 aliphatic heterocycles. The second-order valence-electron chi connectivity index (χ2n) is 11.9. The summed E-state index contributed by atoms with van der Waals surface area (Å²) >= 11 is 0. The molecule has 2 aromatic rings. The molecule has 0 aliphatic carbocycles. The number of likely N-dealkylation sites (tertiary alicyclic amines) is 1. The van der Waals surface area contributed by atoms with Gasteiger partial charge in [0.2, 0.25) is 0 Å². The number of ether oxygens (including phenoxy) is 1. The Labute approximate surface area is 279 Å². The van der Waals surface area contributed by atoms with Gasteiger partial charge in [0.1, 0.15) is 6.67 Å². The van der Waals surface area contributed by atoms with Gasteiger partial charge in [0, 0.05) is 32.0 Å². The van der Waals surface area contributed by atoms with Crippen molar-refractivity contribution in [2.24, 2.45) is 21.4 Å². The number of aryl methyl sites for hydroxylation is 3. The number of methoxy groups -OCH3 is 1. The molecule has 2 aromatic carbocycles. The minimum atomic E-state index is -4.87. The fourth-order valence-electron chi connectivity index (χ4n) is 5.68. The SMILES string of the molecule is C=NN(C)/N=N\CNCc1cc(C(F)(F)F)cc(C(F)(F)F)c1.COC=O.Cc1cc(C)c2c(c1)CCCCN2CC1CCN(C)CC1. The number of hydrogen-bond acceptors (Lipinski definition) is 8. The number of alkyl halides is 6. The summed E-state index contributed by atoms with van der Waals surface area (Å²) in [6, 6.07) is 6.17. The number of nitrogens with one attached hydrogen (secondary N) is 1. The molecule has 1 saturated heterocycles. The van der Waals surface area contributed by atoms with Crippen molar-refractivity contribution in [3.05, 3.63) is 63.7 Å². The Bertz CT molecular complexity index is 1300. The molecule has 48 heavy (non-hydrogen) atoms. The van der Waals surface area contributed by atoms with Crippen LogP contribution < -0.4 is 10.2 Å². The maximum atomic E-state index is 12.7. The highest BCUT2D eigenvalue weighted by molar-refractivity contribution is 5.61. The van der Waals surface area contributed by atoms with E-state index in [9.17, 15) is 26.3 Å². The van der Waals surface area contributed by atoms with Gasteiger partial charge < -0.3 is 14.5 Å². The van der Waals surface area contributed by atoms with Crippen LogP contribution in [0.4, 0.5) is 32.0 Å². The molecular formula is C33H47F6N7O2. The van der Waals surface area contributed by atoms with Crippen LogP contribution in [0, 0.1) is 19.8 Å². The van der Waals surface area contributed by atoms with E-state index in [0.717, 1.165) is 11.0 Å². The number of halogens is 6. The molecule has 0 unspecified atom stereocenters. The van der Waals surface area contributed by atoms with E-state index >= 15 is 0 Å². The number of carbonyl (C=O) groups is 1. The predicted octanol–water partition coefficient (Wildman–Crippen LogP) is 7.26. The van der Waals surface area contributed by atoms with Crippen molar-refractivity contribution in [2.45, 2.75) is 64.8 Å². The lowest BCUT2D eigenvalue weighted by Gasteiger charge is -2.35. The number of anilines is 1. The molecule has 9 nitrogen and oxygen atoms in total. The molecule has 0 saturated carbocycles. The van der Waals surface area contributed by atoms with E-state index in [1.54, 1.807) is 11.3 Å². The largest absolute Gasteiger partial charge is 0.471 e. The van der Waals surface area contributed by atoms with Crippen LogP contribution >= 0.6 is 0 Å². The van der Waals surface area contributed by atoms with E-state index in [-0.39, 0.29) is 24.8 Å². The lowest BCUT2D eigenvalue weighted by atomic mass is 9.95. The molecule has 268 valence electrons. The fourth-order valence-corrected chi connectivity index (χ4v) is 5.68. The molecule has 0 radical (unpaired) electrons. The van der Waals surface area contributed by atoms with Crippen LogP contribution in [0.1, 0.15) is 59.1 Å². The number of piperidine rings is 1. The van der Waals surface area contributed by atoms with Crippen molar-refractivity contribution in [3.63, 3.8) is 0 Å². The number of fused-ring (bicyclic) bond motifs is 1. The zero-order valence-electron chi connectivity index (χ0n) is 28.3. The van der Waals surface area contributed by atoms with Crippen LogP contribution in [0.3, 0.4) is 0 Å². The van der Waals surface area contributed by atoms with Crippen LogP contribution in [0.5, 0.6) is 0 Å². The first-order valence-corrected chi connectivity index (χ1v) is 15.7. The zero-order chi connectivity index (χ0) is 35.9. The first-order chi connectivity index (χ1) is 22.6. The van der Waals surface area contributed by atoms with Gasteiger partial charge in [0.05, 0.1) is 25.3 Å². The smallest absolute Gasteiger partial charge is 0.416 e. The highest BCUT2D eigenvalue weighted by atomic mass is 19.4. The Kier molecular flexibility index (Phi) is 16.3. The molecule has 0 bridgehead atoms. The van der Waals surface area contributed by atoms with Crippen molar-refractivity contribution >= 4 is 18.9 Å². The van der Waals surface area contributed by atoms with E-state index in [1.807, 2.05) is 0 Å². The Balaban J connectivity index is 0.000000301. The maximum absolute atomic E-state index is 12.7. The lowest BCUT2D eigenvalue weighted by molar-refractivity contribution is -0.143. The third kappa shape index (κ3) is 13.8. The van der Waals surface area contributed by atoms with Gasteiger partial charge in [-0.3, -0.25) is 10.1 Å². The Hall–Kier alpha value is -3.72. The van der Waals surface area contributed by atoms with Gasteiger partial charge in [-0.25, -0.2) is 0 Å². The van der Waals surface area contributed by atoms with Gasteiger partial charge >= 0.3 is 12.4 Å². The number of hydrazone groups is 1. The van der Waals surface area contributed by atoms with Crippen molar-refractivity contribution < 1.29 is 35.9 Å². The topological polar surface area (TPSA) is 85.1 Å². The molecule has 2 heterocycles. The van der Waals surface area contributed by atoms with E-state index in [2.05, 4.69) is 75.0 Å². The summed E-state index contributed by atoms with van der Waals surface area (Å²) in [4.78, 5) is 14.1. The number of hydrogen-bond donors (Lipinski definition) is 1. The normalized spacial score (nSPS) is 15.8.